The maximum atomic E-state index is 12.3. The molecule has 0 saturated carbocycles. The van der Waals surface area contributed by atoms with Crippen LogP contribution in [0.25, 0.3) is 0 Å². The van der Waals surface area contributed by atoms with Crippen LogP contribution in [-0.4, -0.2) is 33.9 Å². The molecule has 0 aliphatic rings. The summed E-state index contributed by atoms with van der Waals surface area (Å²) in [5.41, 5.74) is 0.355. The number of esters is 1. The Morgan fingerprint density at radius 2 is 1.69 bits per heavy atom. The number of rotatable bonds is 7. The third-order valence-electron chi connectivity index (χ3n) is 3.53. The van der Waals surface area contributed by atoms with E-state index in [0.717, 1.165) is 0 Å². The number of ether oxygens (including phenoxy) is 2. The third kappa shape index (κ3) is 5.08. The molecule has 0 saturated heterocycles. The van der Waals surface area contributed by atoms with Crippen molar-refractivity contribution in [2.45, 2.75) is 52.9 Å². The monoisotopic (exact) mass is 359 g/mol. The van der Waals surface area contributed by atoms with Crippen LogP contribution in [0.15, 0.2) is 36.5 Å². The molecule has 140 valence electrons. The minimum atomic E-state index is -0.940. The topological polar surface area (TPSA) is 82.4 Å². The fourth-order valence-electron chi connectivity index (χ4n) is 2.28. The summed E-state index contributed by atoms with van der Waals surface area (Å²) in [5, 5.41) is 6.87. The van der Waals surface area contributed by atoms with Gasteiger partial charge in [0.05, 0.1) is 17.9 Å². The number of nitrogens with one attached hydrogen (secondary N) is 1. The van der Waals surface area contributed by atoms with Crippen LogP contribution < -0.4 is 10.1 Å². The highest BCUT2D eigenvalue weighted by atomic mass is 16.5. The van der Waals surface area contributed by atoms with Crippen LogP contribution in [0, 0.1) is 0 Å². The summed E-state index contributed by atoms with van der Waals surface area (Å²) in [6, 6.07) is 8.41. The van der Waals surface area contributed by atoms with Gasteiger partial charge in [0.2, 0.25) is 0 Å². The second kappa shape index (κ2) is 8.51. The summed E-state index contributed by atoms with van der Waals surface area (Å²) in [5.74, 6) is 0.244. The zero-order valence-corrected chi connectivity index (χ0v) is 15.7. The maximum Gasteiger partial charge on any atom is 0.338 e. The average Bonchev–Trinajstić information content (AvgIpc) is 3.03. The fourth-order valence-corrected chi connectivity index (χ4v) is 2.28. The smallest absolute Gasteiger partial charge is 0.338 e. The molecule has 1 amide bonds. The van der Waals surface area contributed by atoms with Gasteiger partial charge >= 0.3 is 5.97 Å². The van der Waals surface area contributed by atoms with Crippen molar-refractivity contribution >= 4 is 17.7 Å². The van der Waals surface area contributed by atoms with Crippen molar-refractivity contribution in [3.8, 4) is 5.75 Å². The zero-order valence-electron chi connectivity index (χ0n) is 15.7. The number of amides is 1. The third-order valence-corrected chi connectivity index (χ3v) is 3.53. The maximum absolute atomic E-state index is 12.3. The summed E-state index contributed by atoms with van der Waals surface area (Å²) in [7, 11) is 0. The van der Waals surface area contributed by atoms with E-state index in [-0.39, 0.29) is 12.1 Å². The predicted octanol–water partition coefficient (Wildman–Crippen LogP) is 3.44. The molecule has 0 unspecified atom stereocenters. The van der Waals surface area contributed by atoms with Crippen molar-refractivity contribution in [1.82, 2.24) is 9.78 Å². The van der Waals surface area contributed by atoms with Gasteiger partial charge in [-0.1, -0.05) is 0 Å². The van der Waals surface area contributed by atoms with Gasteiger partial charge in [-0.3, -0.25) is 4.79 Å². The molecule has 0 aliphatic carbocycles. The summed E-state index contributed by atoms with van der Waals surface area (Å²) in [6.07, 6.45) is 0.716. The first kappa shape index (κ1) is 19.5. The molecule has 1 aromatic heterocycles. The van der Waals surface area contributed by atoms with E-state index in [1.165, 1.54) is 6.92 Å². The molecule has 0 fully saturated rings. The Balaban J connectivity index is 1.95. The normalized spacial score (nSPS) is 12.1. The lowest BCUT2D eigenvalue weighted by atomic mass is 10.2. The predicted molar refractivity (Wildman–Crippen MR) is 98.3 cm³/mol. The Morgan fingerprint density at radius 3 is 2.27 bits per heavy atom. The van der Waals surface area contributed by atoms with Crippen molar-refractivity contribution in [3.63, 3.8) is 0 Å². The zero-order chi connectivity index (χ0) is 19.3. The molecule has 7 nitrogen and oxygen atoms in total. The van der Waals surface area contributed by atoms with Crippen LogP contribution in [0.4, 0.5) is 5.82 Å². The van der Waals surface area contributed by atoms with Gasteiger partial charge in [-0.25, -0.2) is 9.48 Å². The van der Waals surface area contributed by atoms with E-state index < -0.39 is 18.0 Å². The highest BCUT2D eigenvalue weighted by Gasteiger charge is 2.20. The first-order chi connectivity index (χ1) is 12.3. The van der Waals surface area contributed by atoms with Crippen molar-refractivity contribution < 1.29 is 19.1 Å². The molecule has 1 heterocycles. The number of benzene rings is 1. The number of aromatic nitrogens is 2. The minimum absolute atomic E-state index is 0.0517. The summed E-state index contributed by atoms with van der Waals surface area (Å²) in [4.78, 5) is 24.5. The minimum Gasteiger partial charge on any atom is -0.491 e. The standard InChI is InChI=1S/C19H25N3O4/c1-12(2)22-17(10-11-20-22)21-18(23)14(5)26-19(24)15-6-8-16(9-7-15)25-13(3)4/h6-14H,1-5H3,(H,21,23)/t14-/m0/s1. The number of anilines is 1. The molecule has 1 atom stereocenters. The lowest BCUT2D eigenvalue weighted by Gasteiger charge is -2.16. The summed E-state index contributed by atoms with van der Waals surface area (Å²) >= 11 is 0. The van der Waals surface area contributed by atoms with Crippen LogP contribution in [0.1, 0.15) is 51.0 Å². The molecular formula is C19H25N3O4. The Bertz CT molecular complexity index is 750. The van der Waals surface area contributed by atoms with E-state index in [9.17, 15) is 9.59 Å². The quantitative estimate of drug-likeness (QED) is 0.766. The van der Waals surface area contributed by atoms with Gasteiger partial charge < -0.3 is 14.8 Å². The number of carbonyl (C=O) groups excluding carboxylic acids is 2. The lowest BCUT2D eigenvalue weighted by Crippen LogP contribution is -2.31. The van der Waals surface area contributed by atoms with Crippen LogP contribution >= 0.6 is 0 Å². The van der Waals surface area contributed by atoms with E-state index in [1.54, 1.807) is 41.2 Å². The number of carbonyl (C=O) groups is 2. The van der Waals surface area contributed by atoms with Gasteiger partial charge in [-0.05, 0) is 58.9 Å². The first-order valence-corrected chi connectivity index (χ1v) is 8.60. The van der Waals surface area contributed by atoms with Crippen molar-refractivity contribution in [1.29, 1.82) is 0 Å². The number of hydrogen-bond acceptors (Lipinski definition) is 5. The van der Waals surface area contributed by atoms with Crippen LogP contribution in [0.5, 0.6) is 5.75 Å². The molecule has 1 N–H and O–H groups in total. The first-order valence-electron chi connectivity index (χ1n) is 8.60. The van der Waals surface area contributed by atoms with E-state index in [1.807, 2.05) is 27.7 Å². The van der Waals surface area contributed by atoms with Crippen LogP contribution in [-0.2, 0) is 9.53 Å². The lowest BCUT2D eigenvalue weighted by molar-refractivity contribution is -0.123. The molecule has 2 rings (SSSR count). The van der Waals surface area contributed by atoms with Gasteiger partial charge in [0.15, 0.2) is 6.10 Å². The number of hydrogen-bond donors (Lipinski definition) is 1. The SMILES string of the molecule is CC(C)Oc1ccc(C(=O)O[C@@H](C)C(=O)Nc2ccnn2C(C)C)cc1. The van der Waals surface area contributed by atoms with Gasteiger partial charge in [0.1, 0.15) is 11.6 Å². The molecule has 0 radical (unpaired) electrons. The Kier molecular flexibility index (Phi) is 6.38. The van der Waals surface area contributed by atoms with E-state index in [4.69, 9.17) is 9.47 Å². The summed E-state index contributed by atoms with van der Waals surface area (Å²) in [6.45, 7) is 9.29. The molecule has 26 heavy (non-hydrogen) atoms. The van der Waals surface area contributed by atoms with Gasteiger partial charge in [0, 0.05) is 12.1 Å². The van der Waals surface area contributed by atoms with Crippen molar-refractivity contribution in [3.05, 3.63) is 42.1 Å². The Labute approximate surface area is 153 Å². The van der Waals surface area contributed by atoms with E-state index in [0.29, 0.717) is 17.1 Å². The second-order valence-electron chi connectivity index (χ2n) is 6.48. The van der Waals surface area contributed by atoms with Gasteiger partial charge in [-0.15, -0.1) is 0 Å². The largest absolute Gasteiger partial charge is 0.491 e. The molecule has 1 aromatic carbocycles. The van der Waals surface area contributed by atoms with Gasteiger partial charge in [0.25, 0.3) is 5.91 Å². The van der Waals surface area contributed by atoms with Crippen molar-refractivity contribution in [2.75, 3.05) is 5.32 Å². The Hall–Kier alpha value is -2.83. The highest BCUT2D eigenvalue weighted by Crippen LogP contribution is 2.16. The fraction of sp³-hybridized carbons (Fsp3) is 0.421. The van der Waals surface area contributed by atoms with Crippen LogP contribution in [0.3, 0.4) is 0 Å². The second-order valence-corrected chi connectivity index (χ2v) is 6.48. The van der Waals surface area contributed by atoms with Crippen molar-refractivity contribution in [2.24, 2.45) is 0 Å². The molecule has 7 heteroatoms. The number of nitrogens with zero attached hydrogens (tertiary/aromatic N) is 2. The van der Waals surface area contributed by atoms with Gasteiger partial charge in [-0.2, -0.15) is 5.10 Å². The molecule has 2 aromatic rings. The molecule has 0 aliphatic heterocycles. The van der Waals surface area contributed by atoms with E-state index >= 15 is 0 Å². The van der Waals surface area contributed by atoms with Crippen LogP contribution in [0.2, 0.25) is 0 Å². The molecular weight excluding hydrogens is 334 g/mol. The summed E-state index contributed by atoms with van der Waals surface area (Å²) < 4.78 is 12.5. The Morgan fingerprint density at radius 1 is 1.04 bits per heavy atom. The van der Waals surface area contributed by atoms with E-state index in [2.05, 4.69) is 10.4 Å². The molecule has 0 spiro atoms. The average molecular weight is 359 g/mol. The highest BCUT2D eigenvalue weighted by molar-refractivity contribution is 5.96. The molecule has 0 bridgehead atoms.